The molecule has 0 aliphatic carbocycles. The monoisotopic (exact) mass is 265 g/mol. The third kappa shape index (κ3) is 4.30. The van der Waals surface area contributed by atoms with Crippen molar-refractivity contribution in [2.75, 3.05) is 26.0 Å². The molecule has 102 valence electrons. The number of amides is 3. The van der Waals surface area contributed by atoms with Gasteiger partial charge in [0.25, 0.3) is 0 Å². The largest absolute Gasteiger partial charge is 0.478 e. The Kier molecular flexibility index (Phi) is 4.87. The van der Waals surface area contributed by atoms with Crippen LogP contribution in [-0.4, -0.2) is 48.6 Å². The number of carbonyl (C=O) groups excluding carboxylic acids is 2. The number of carbonyl (C=O) groups is 3. The number of nitrogens with one attached hydrogen (secondary N) is 2. The molecule has 0 aliphatic rings. The van der Waals surface area contributed by atoms with Gasteiger partial charge >= 0.3 is 12.0 Å². The minimum atomic E-state index is -1.03. The maximum Gasteiger partial charge on any atom is 0.335 e. The molecular formula is C12H15N3O4. The Balaban J connectivity index is 2.61. The normalized spacial score (nSPS) is 9.58. The van der Waals surface area contributed by atoms with Crippen LogP contribution >= 0.6 is 0 Å². The van der Waals surface area contributed by atoms with Gasteiger partial charge in [-0.05, 0) is 24.3 Å². The molecule has 1 aromatic carbocycles. The van der Waals surface area contributed by atoms with E-state index in [9.17, 15) is 14.4 Å². The lowest BCUT2D eigenvalue weighted by Gasteiger charge is -2.16. The van der Waals surface area contributed by atoms with Crippen LogP contribution in [0.2, 0.25) is 0 Å². The average molecular weight is 265 g/mol. The van der Waals surface area contributed by atoms with E-state index in [1.807, 2.05) is 0 Å². The second-order valence-electron chi connectivity index (χ2n) is 3.84. The predicted molar refractivity (Wildman–Crippen MR) is 69.1 cm³/mol. The first-order chi connectivity index (χ1) is 8.93. The van der Waals surface area contributed by atoms with Gasteiger partial charge in [0.2, 0.25) is 5.91 Å². The summed E-state index contributed by atoms with van der Waals surface area (Å²) in [5, 5.41) is 13.7. The van der Waals surface area contributed by atoms with Gasteiger partial charge < -0.3 is 20.6 Å². The van der Waals surface area contributed by atoms with Gasteiger partial charge in [0.1, 0.15) is 6.54 Å². The minimum absolute atomic E-state index is 0.0600. The summed E-state index contributed by atoms with van der Waals surface area (Å²) in [5.41, 5.74) is 0.593. The van der Waals surface area contributed by atoms with E-state index in [0.29, 0.717) is 5.69 Å². The highest BCUT2D eigenvalue weighted by molar-refractivity contribution is 5.93. The molecule has 0 atom stereocenters. The van der Waals surface area contributed by atoms with Crippen LogP contribution in [0.5, 0.6) is 0 Å². The zero-order valence-corrected chi connectivity index (χ0v) is 10.6. The van der Waals surface area contributed by atoms with Crippen molar-refractivity contribution < 1.29 is 19.5 Å². The highest BCUT2D eigenvalue weighted by Crippen LogP contribution is 2.10. The first-order valence-corrected chi connectivity index (χ1v) is 5.50. The molecule has 0 fully saturated rings. The van der Waals surface area contributed by atoms with Crippen LogP contribution in [0.4, 0.5) is 10.5 Å². The number of rotatable bonds is 4. The molecule has 0 saturated heterocycles. The smallest absolute Gasteiger partial charge is 0.335 e. The summed E-state index contributed by atoms with van der Waals surface area (Å²) < 4.78 is 0. The Morgan fingerprint density at radius 1 is 1.21 bits per heavy atom. The lowest BCUT2D eigenvalue weighted by molar-refractivity contribution is -0.120. The van der Waals surface area contributed by atoms with Crippen molar-refractivity contribution in [3.05, 3.63) is 29.8 Å². The van der Waals surface area contributed by atoms with Crippen molar-refractivity contribution in [2.45, 2.75) is 0 Å². The number of benzene rings is 1. The fourth-order valence-electron chi connectivity index (χ4n) is 1.28. The van der Waals surface area contributed by atoms with Crippen molar-refractivity contribution in [2.24, 2.45) is 0 Å². The van der Waals surface area contributed by atoms with Gasteiger partial charge in [0.15, 0.2) is 0 Å². The summed E-state index contributed by atoms with van der Waals surface area (Å²) in [6.07, 6.45) is 0. The lowest BCUT2D eigenvalue weighted by atomic mass is 10.2. The molecule has 0 saturated carbocycles. The molecule has 0 spiro atoms. The van der Waals surface area contributed by atoms with Gasteiger partial charge in [-0.3, -0.25) is 4.79 Å². The van der Waals surface area contributed by atoms with E-state index in [2.05, 4.69) is 10.6 Å². The number of urea groups is 1. The van der Waals surface area contributed by atoms with Crippen LogP contribution in [0.1, 0.15) is 10.4 Å². The summed E-state index contributed by atoms with van der Waals surface area (Å²) in [6, 6.07) is 5.28. The minimum Gasteiger partial charge on any atom is -0.478 e. The third-order valence-corrected chi connectivity index (χ3v) is 2.39. The number of anilines is 1. The van der Waals surface area contributed by atoms with E-state index < -0.39 is 12.0 Å². The van der Waals surface area contributed by atoms with Crippen molar-refractivity contribution >= 4 is 23.6 Å². The topological polar surface area (TPSA) is 98.7 Å². The molecule has 0 unspecified atom stereocenters. The van der Waals surface area contributed by atoms with E-state index in [-0.39, 0.29) is 18.0 Å². The summed E-state index contributed by atoms with van der Waals surface area (Å²) in [7, 11) is 2.97. The standard InChI is InChI=1S/C12H15N3O4/c1-13-10(16)7-15(2)12(19)14-9-5-3-8(4-6-9)11(17)18/h3-6H,7H2,1-2H3,(H,13,16)(H,14,19)(H,17,18). The molecule has 0 bridgehead atoms. The van der Waals surface area contributed by atoms with E-state index in [0.717, 1.165) is 0 Å². The van der Waals surface area contributed by atoms with E-state index in [4.69, 9.17) is 5.11 Å². The number of hydrogen-bond acceptors (Lipinski definition) is 3. The van der Waals surface area contributed by atoms with Crippen LogP contribution < -0.4 is 10.6 Å². The molecule has 3 amide bonds. The highest BCUT2D eigenvalue weighted by atomic mass is 16.4. The predicted octanol–water partition coefficient (Wildman–Crippen LogP) is 0.595. The second-order valence-corrected chi connectivity index (χ2v) is 3.84. The number of hydrogen-bond donors (Lipinski definition) is 3. The molecule has 0 aliphatic heterocycles. The third-order valence-electron chi connectivity index (χ3n) is 2.39. The average Bonchev–Trinajstić information content (AvgIpc) is 2.38. The maximum atomic E-state index is 11.7. The molecule has 7 nitrogen and oxygen atoms in total. The molecule has 0 aromatic heterocycles. The van der Waals surface area contributed by atoms with E-state index in [1.54, 1.807) is 0 Å². The van der Waals surface area contributed by atoms with Gasteiger partial charge in [0, 0.05) is 19.8 Å². The molecule has 7 heteroatoms. The van der Waals surface area contributed by atoms with Crippen LogP contribution in [-0.2, 0) is 4.79 Å². The van der Waals surface area contributed by atoms with Crippen molar-refractivity contribution in [1.82, 2.24) is 10.2 Å². The molecule has 0 radical (unpaired) electrons. The molecule has 1 aromatic rings. The van der Waals surface area contributed by atoms with Crippen LogP contribution in [0, 0.1) is 0 Å². The van der Waals surface area contributed by atoms with Gasteiger partial charge in [-0.2, -0.15) is 0 Å². The zero-order valence-electron chi connectivity index (χ0n) is 10.6. The first-order valence-electron chi connectivity index (χ1n) is 5.50. The van der Waals surface area contributed by atoms with Crippen LogP contribution in [0.15, 0.2) is 24.3 Å². The number of carboxylic acid groups (broad SMARTS) is 1. The number of aromatic carboxylic acids is 1. The number of likely N-dealkylation sites (N-methyl/N-ethyl adjacent to an activating group) is 2. The van der Waals surface area contributed by atoms with Crippen LogP contribution in [0.3, 0.4) is 0 Å². The fourth-order valence-corrected chi connectivity index (χ4v) is 1.28. The molecule has 1 rings (SSSR count). The Morgan fingerprint density at radius 2 is 1.79 bits per heavy atom. The van der Waals surface area contributed by atoms with Gasteiger partial charge in [-0.25, -0.2) is 9.59 Å². The van der Waals surface area contributed by atoms with Crippen molar-refractivity contribution in [3.63, 3.8) is 0 Å². The van der Waals surface area contributed by atoms with Crippen molar-refractivity contribution in [3.8, 4) is 0 Å². The zero-order chi connectivity index (χ0) is 14.4. The summed E-state index contributed by atoms with van der Waals surface area (Å²) >= 11 is 0. The summed E-state index contributed by atoms with van der Waals surface area (Å²) in [4.78, 5) is 34.7. The summed E-state index contributed by atoms with van der Waals surface area (Å²) in [5.74, 6) is -1.31. The van der Waals surface area contributed by atoms with Gasteiger partial charge in [-0.15, -0.1) is 0 Å². The Bertz CT molecular complexity index is 484. The first kappa shape index (κ1) is 14.5. The van der Waals surface area contributed by atoms with E-state index in [1.165, 1.54) is 43.3 Å². The molecule has 19 heavy (non-hydrogen) atoms. The lowest BCUT2D eigenvalue weighted by Crippen LogP contribution is -2.39. The van der Waals surface area contributed by atoms with Crippen molar-refractivity contribution in [1.29, 1.82) is 0 Å². The maximum absolute atomic E-state index is 11.7. The SMILES string of the molecule is CNC(=O)CN(C)C(=O)Nc1ccc(C(=O)O)cc1. The highest BCUT2D eigenvalue weighted by Gasteiger charge is 2.12. The van der Waals surface area contributed by atoms with E-state index >= 15 is 0 Å². The molecular weight excluding hydrogens is 250 g/mol. The molecule has 0 heterocycles. The van der Waals surface area contributed by atoms with Gasteiger partial charge in [0.05, 0.1) is 5.56 Å². The second kappa shape index (κ2) is 6.39. The fraction of sp³-hybridized carbons (Fsp3) is 0.250. The Morgan fingerprint density at radius 3 is 2.26 bits per heavy atom. The Labute approximate surface area is 110 Å². The quantitative estimate of drug-likeness (QED) is 0.742. The Hall–Kier alpha value is -2.57. The van der Waals surface area contributed by atoms with Gasteiger partial charge in [-0.1, -0.05) is 0 Å². The summed E-state index contributed by atoms with van der Waals surface area (Å²) in [6.45, 7) is -0.0600. The number of nitrogens with zero attached hydrogens (tertiary/aromatic N) is 1. The molecule has 3 N–H and O–H groups in total. The van der Waals surface area contributed by atoms with Crippen LogP contribution in [0.25, 0.3) is 0 Å². The number of carboxylic acids is 1.